The van der Waals surface area contributed by atoms with Gasteiger partial charge in [0.15, 0.2) is 0 Å². The van der Waals surface area contributed by atoms with Gasteiger partial charge in [-0.3, -0.25) is 9.69 Å². The normalized spacial score (nSPS) is 20.5. The van der Waals surface area contributed by atoms with E-state index >= 15 is 0 Å². The lowest BCUT2D eigenvalue weighted by molar-refractivity contribution is -0.128. The van der Waals surface area contributed by atoms with Crippen LogP contribution in [0.2, 0.25) is 5.02 Å². The van der Waals surface area contributed by atoms with Crippen LogP contribution in [0.15, 0.2) is 77.8 Å². The van der Waals surface area contributed by atoms with E-state index in [2.05, 4.69) is 4.98 Å². The molecule has 3 N–H and O–H groups in total. The molecule has 0 bridgehead atoms. The summed E-state index contributed by atoms with van der Waals surface area (Å²) < 4.78 is 35.0. The number of carbonyl (C=O) groups is 2. The Kier molecular flexibility index (Phi) is 8.55. The highest BCUT2D eigenvalue weighted by Crippen LogP contribution is 2.36. The highest BCUT2D eigenvalue weighted by atomic mass is 35.5. The number of rotatable bonds is 9. The molecule has 2 heterocycles. The number of para-hydroxylation sites is 1. The zero-order valence-corrected chi connectivity index (χ0v) is 25.9. The number of hydrogen-bond acceptors (Lipinski definition) is 7. The van der Waals surface area contributed by atoms with Crippen molar-refractivity contribution >= 4 is 44.5 Å². The van der Waals surface area contributed by atoms with Gasteiger partial charge < -0.3 is 15.5 Å². The molecule has 4 aromatic rings. The Bertz CT molecular complexity index is 1920. The quantitative estimate of drug-likeness (QED) is 0.218. The fraction of sp³-hybridized carbons (Fsp3) is 0.303. The van der Waals surface area contributed by atoms with Crippen LogP contribution in [-0.4, -0.2) is 53.7 Å². The Hall–Kier alpha value is -4.37. The monoisotopic (exact) mass is 645 g/mol. The third-order valence-electron chi connectivity index (χ3n) is 8.66. The average Bonchev–Trinajstić information content (AvgIpc) is 3.55. The molecule has 1 saturated carbocycles. The standard InChI is InChI=1S/C33H32ClN5O5S/c34-25-7-4-8-26(16-25)44-31-12-11-27(14-23(31)18-36)45(42,43)39-30(15-24-19-37-29-10-2-1-9-28(24)29)32(40)38(33(39)41)20-22-6-3-5-21(13-22)17-35/h1-2,4,7-12,14,16,19,21-22,30,37H,3,5-6,13,15,17,20,35H2. The number of fused-ring (bicyclic) bond motifs is 1. The van der Waals surface area contributed by atoms with E-state index in [4.69, 9.17) is 22.1 Å². The van der Waals surface area contributed by atoms with Crippen LogP contribution in [0.1, 0.15) is 36.8 Å². The van der Waals surface area contributed by atoms with Gasteiger partial charge in [0.05, 0.1) is 10.5 Å². The van der Waals surface area contributed by atoms with Crippen LogP contribution < -0.4 is 10.5 Å². The minimum atomic E-state index is -4.58. The van der Waals surface area contributed by atoms with E-state index in [0.717, 1.165) is 47.6 Å². The largest absolute Gasteiger partial charge is 0.456 e. The Balaban J connectivity index is 1.35. The van der Waals surface area contributed by atoms with Crippen molar-refractivity contribution in [2.45, 2.75) is 43.0 Å². The lowest BCUT2D eigenvalue weighted by Crippen LogP contribution is -2.42. The summed E-state index contributed by atoms with van der Waals surface area (Å²) in [4.78, 5) is 31.9. The lowest BCUT2D eigenvalue weighted by Gasteiger charge is -2.30. The molecule has 2 aliphatic rings. The Morgan fingerprint density at radius 3 is 2.62 bits per heavy atom. The van der Waals surface area contributed by atoms with Crippen LogP contribution in [-0.2, 0) is 21.2 Å². The molecule has 0 spiro atoms. The van der Waals surface area contributed by atoms with Gasteiger partial charge in [0.25, 0.3) is 15.9 Å². The topological polar surface area (TPSA) is 150 Å². The summed E-state index contributed by atoms with van der Waals surface area (Å²) in [5.74, 6) is 0.250. The number of benzene rings is 3. The molecule has 10 nitrogen and oxygen atoms in total. The molecule has 3 amide bonds. The van der Waals surface area contributed by atoms with E-state index in [0.29, 0.717) is 33.1 Å². The zero-order chi connectivity index (χ0) is 31.7. The molecule has 1 aromatic heterocycles. The van der Waals surface area contributed by atoms with Crippen LogP contribution >= 0.6 is 11.6 Å². The van der Waals surface area contributed by atoms with Crippen molar-refractivity contribution in [2.24, 2.45) is 17.6 Å². The predicted octanol–water partition coefficient (Wildman–Crippen LogP) is 5.81. The number of nitrogens with zero attached hydrogens (tertiary/aromatic N) is 3. The van der Waals surface area contributed by atoms with E-state index in [1.165, 1.54) is 12.1 Å². The van der Waals surface area contributed by atoms with Gasteiger partial charge >= 0.3 is 6.03 Å². The minimum absolute atomic E-state index is 0.0124. The maximum absolute atomic E-state index is 14.2. The molecule has 1 aliphatic heterocycles. The molecule has 2 fully saturated rings. The molecule has 6 rings (SSSR count). The summed E-state index contributed by atoms with van der Waals surface area (Å²) in [6.07, 6.45) is 5.25. The smallest absolute Gasteiger partial charge is 0.341 e. The summed E-state index contributed by atoms with van der Waals surface area (Å²) >= 11 is 6.05. The first-order valence-corrected chi connectivity index (χ1v) is 16.6. The highest BCUT2D eigenvalue weighted by molar-refractivity contribution is 7.89. The molecular formula is C33H32ClN5O5S. The average molecular weight is 646 g/mol. The number of ether oxygens (including phenoxy) is 1. The van der Waals surface area contributed by atoms with Gasteiger partial charge in [-0.15, -0.1) is 0 Å². The van der Waals surface area contributed by atoms with Crippen LogP contribution in [0.25, 0.3) is 10.9 Å². The second-order valence-electron chi connectivity index (χ2n) is 11.6. The van der Waals surface area contributed by atoms with Crippen molar-refractivity contribution in [3.05, 3.63) is 89.1 Å². The predicted molar refractivity (Wildman–Crippen MR) is 169 cm³/mol. The number of aromatic amines is 1. The van der Waals surface area contributed by atoms with E-state index in [-0.39, 0.29) is 35.1 Å². The van der Waals surface area contributed by atoms with Gasteiger partial charge in [-0.1, -0.05) is 42.3 Å². The number of halogens is 1. The van der Waals surface area contributed by atoms with Crippen molar-refractivity contribution in [3.8, 4) is 17.6 Å². The Labute approximate surface area is 266 Å². The molecule has 3 atom stereocenters. The summed E-state index contributed by atoms with van der Waals surface area (Å²) in [5.41, 5.74) is 7.41. The molecule has 45 heavy (non-hydrogen) atoms. The molecule has 0 radical (unpaired) electrons. The summed E-state index contributed by atoms with van der Waals surface area (Å²) in [6, 6.07) is 17.6. The van der Waals surface area contributed by atoms with E-state index in [1.54, 1.807) is 30.5 Å². The van der Waals surface area contributed by atoms with Crippen molar-refractivity contribution in [1.82, 2.24) is 14.2 Å². The number of nitrogens with one attached hydrogen (secondary N) is 1. The van der Waals surface area contributed by atoms with E-state index < -0.39 is 28.0 Å². The number of nitrogens with two attached hydrogens (primary N) is 1. The van der Waals surface area contributed by atoms with Gasteiger partial charge in [-0.2, -0.15) is 5.26 Å². The third kappa shape index (κ3) is 6.01. The number of sulfonamides is 1. The second kappa shape index (κ2) is 12.6. The number of urea groups is 1. The number of carbonyl (C=O) groups excluding carboxylic acids is 2. The summed E-state index contributed by atoms with van der Waals surface area (Å²) in [6.45, 7) is 0.654. The molecule has 3 unspecified atom stereocenters. The first-order valence-electron chi connectivity index (χ1n) is 14.8. The Morgan fingerprint density at radius 2 is 1.84 bits per heavy atom. The molecule has 12 heteroatoms. The number of nitriles is 1. The first-order chi connectivity index (χ1) is 21.7. The number of hydrogen-bond donors (Lipinski definition) is 2. The molecule has 1 saturated heterocycles. The second-order valence-corrected chi connectivity index (χ2v) is 13.8. The number of imide groups is 1. The van der Waals surface area contributed by atoms with Crippen LogP contribution in [0, 0.1) is 23.2 Å². The van der Waals surface area contributed by atoms with Crippen LogP contribution in [0.3, 0.4) is 0 Å². The fourth-order valence-electron chi connectivity index (χ4n) is 6.40. The maximum Gasteiger partial charge on any atom is 0.341 e. The summed E-state index contributed by atoms with van der Waals surface area (Å²) in [5, 5.41) is 11.1. The van der Waals surface area contributed by atoms with Gasteiger partial charge in [0, 0.05) is 35.1 Å². The van der Waals surface area contributed by atoms with Crippen molar-refractivity contribution in [3.63, 3.8) is 0 Å². The van der Waals surface area contributed by atoms with Gasteiger partial charge in [0.2, 0.25) is 0 Å². The SMILES string of the molecule is N#Cc1cc(S(=O)(=O)N2C(=O)N(CC3CCCC(CN)C3)C(=O)C2Cc2c[nH]c3ccccc23)ccc1Oc1cccc(Cl)c1. The van der Waals surface area contributed by atoms with E-state index in [9.17, 15) is 23.3 Å². The zero-order valence-electron chi connectivity index (χ0n) is 24.4. The number of H-pyrrole nitrogens is 1. The molecule has 3 aromatic carbocycles. The van der Waals surface area contributed by atoms with Crippen molar-refractivity contribution in [1.29, 1.82) is 5.26 Å². The van der Waals surface area contributed by atoms with Crippen molar-refractivity contribution in [2.75, 3.05) is 13.1 Å². The fourth-order valence-corrected chi connectivity index (χ4v) is 8.12. The molecule has 1 aliphatic carbocycles. The first kappa shape index (κ1) is 30.6. The minimum Gasteiger partial charge on any atom is -0.456 e. The Morgan fingerprint density at radius 1 is 1.04 bits per heavy atom. The molecule has 232 valence electrons. The van der Waals surface area contributed by atoms with E-state index in [1.807, 2.05) is 30.3 Å². The third-order valence-corrected chi connectivity index (χ3v) is 10.7. The highest BCUT2D eigenvalue weighted by Gasteiger charge is 2.52. The number of aromatic nitrogens is 1. The summed E-state index contributed by atoms with van der Waals surface area (Å²) in [7, 11) is -4.58. The van der Waals surface area contributed by atoms with Gasteiger partial charge in [-0.25, -0.2) is 17.5 Å². The van der Waals surface area contributed by atoms with Crippen LogP contribution in [0.4, 0.5) is 4.79 Å². The van der Waals surface area contributed by atoms with Gasteiger partial charge in [-0.05, 0) is 85.7 Å². The van der Waals surface area contributed by atoms with Crippen molar-refractivity contribution < 1.29 is 22.7 Å². The lowest BCUT2D eigenvalue weighted by atomic mass is 9.81. The van der Waals surface area contributed by atoms with Crippen LogP contribution in [0.5, 0.6) is 11.5 Å². The number of amides is 3. The maximum atomic E-state index is 14.2. The van der Waals surface area contributed by atoms with Gasteiger partial charge in [0.1, 0.15) is 23.6 Å². The molecular weight excluding hydrogens is 614 g/mol.